The summed E-state index contributed by atoms with van der Waals surface area (Å²) in [6, 6.07) is 14.3. The predicted molar refractivity (Wildman–Crippen MR) is 122 cm³/mol. The highest BCUT2D eigenvalue weighted by atomic mass is 16.5. The molecule has 0 atom stereocenters. The van der Waals surface area contributed by atoms with Gasteiger partial charge in [-0.1, -0.05) is 37.4 Å². The summed E-state index contributed by atoms with van der Waals surface area (Å²) in [5, 5.41) is 1.48. The van der Waals surface area contributed by atoms with E-state index in [1.165, 1.54) is 30.4 Å². The van der Waals surface area contributed by atoms with Crippen molar-refractivity contribution < 1.29 is 28.7 Å². The SMILES string of the molecule is C=CCOC(=O)c1ccc2c(c1)C(=O)N(c1ccc3cc(C(=O)OCC=C)ccc3c1)C2=O. The molecular weight excluding hydrogens is 422 g/mol. The molecule has 0 saturated heterocycles. The van der Waals surface area contributed by atoms with E-state index in [0.717, 1.165) is 15.7 Å². The first-order valence-corrected chi connectivity index (χ1v) is 10.1. The highest BCUT2D eigenvalue weighted by Crippen LogP contribution is 2.31. The van der Waals surface area contributed by atoms with Crippen LogP contribution in [0.25, 0.3) is 10.8 Å². The molecule has 0 radical (unpaired) electrons. The van der Waals surface area contributed by atoms with Gasteiger partial charge in [-0.3, -0.25) is 9.59 Å². The Labute approximate surface area is 189 Å². The first kappa shape index (κ1) is 21.7. The van der Waals surface area contributed by atoms with Gasteiger partial charge in [0.2, 0.25) is 0 Å². The molecule has 2 amide bonds. The van der Waals surface area contributed by atoms with Gasteiger partial charge in [-0.15, -0.1) is 0 Å². The van der Waals surface area contributed by atoms with Crippen molar-refractivity contribution in [1.29, 1.82) is 0 Å². The van der Waals surface area contributed by atoms with Crippen LogP contribution in [0.2, 0.25) is 0 Å². The molecule has 0 spiro atoms. The summed E-state index contributed by atoms with van der Waals surface area (Å²) >= 11 is 0. The zero-order chi connectivity index (χ0) is 23.5. The Balaban J connectivity index is 1.63. The highest BCUT2D eigenvalue weighted by Gasteiger charge is 2.37. The molecule has 4 rings (SSSR count). The zero-order valence-electron chi connectivity index (χ0n) is 17.6. The molecule has 3 aromatic rings. The van der Waals surface area contributed by atoms with Crippen LogP contribution in [0.15, 0.2) is 79.9 Å². The normalized spacial score (nSPS) is 12.4. The van der Waals surface area contributed by atoms with Crippen LogP contribution >= 0.6 is 0 Å². The maximum absolute atomic E-state index is 13.0. The molecule has 0 aromatic heterocycles. The van der Waals surface area contributed by atoms with Gasteiger partial charge in [0.05, 0.1) is 27.9 Å². The fourth-order valence-corrected chi connectivity index (χ4v) is 3.54. The summed E-state index contributed by atoms with van der Waals surface area (Å²) < 4.78 is 10.1. The number of carbonyl (C=O) groups excluding carboxylic acids is 4. The molecule has 0 aliphatic carbocycles. The second-order valence-electron chi connectivity index (χ2n) is 7.23. The third-order valence-electron chi connectivity index (χ3n) is 5.10. The molecule has 0 N–H and O–H groups in total. The lowest BCUT2D eigenvalue weighted by atomic mass is 10.1. The monoisotopic (exact) mass is 441 g/mol. The fourth-order valence-electron chi connectivity index (χ4n) is 3.54. The van der Waals surface area contributed by atoms with E-state index in [9.17, 15) is 19.2 Å². The minimum Gasteiger partial charge on any atom is -0.458 e. The Hall–Kier alpha value is -4.52. The molecule has 0 saturated carbocycles. The van der Waals surface area contributed by atoms with Gasteiger partial charge in [-0.2, -0.15) is 0 Å². The Morgan fingerprint density at radius 1 is 0.727 bits per heavy atom. The van der Waals surface area contributed by atoms with Crippen molar-refractivity contribution in [2.45, 2.75) is 0 Å². The van der Waals surface area contributed by atoms with Crippen molar-refractivity contribution in [2.24, 2.45) is 0 Å². The highest BCUT2D eigenvalue weighted by molar-refractivity contribution is 6.35. The summed E-state index contributed by atoms with van der Waals surface area (Å²) in [6.45, 7) is 7.16. The lowest BCUT2D eigenvalue weighted by Gasteiger charge is -2.15. The van der Waals surface area contributed by atoms with E-state index in [-0.39, 0.29) is 29.9 Å². The number of fused-ring (bicyclic) bond motifs is 2. The first-order chi connectivity index (χ1) is 15.9. The van der Waals surface area contributed by atoms with Gasteiger partial charge in [-0.25, -0.2) is 14.5 Å². The molecule has 3 aromatic carbocycles. The molecular formula is C26H19NO6. The van der Waals surface area contributed by atoms with Crippen molar-refractivity contribution >= 4 is 40.2 Å². The third-order valence-corrected chi connectivity index (χ3v) is 5.10. The number of benzene rings is 3. The number of amides is 2. The molecule has 1 heterocycles. The zero-order valence-corrected chi connectivity index (χ0v) is 17.6. The molecule has 7 nitrogen and oxygen atoms in total. The molecule has 164 valence electrons. The van der Waals surface area contributed by atoms with Crippen molar-refractivity contribution in [3.05, 3.63) is 102 Å². The van der Waals surface area contributed by atoms with E-state index >= 15 is 0 Å². The minimum absolute atomic E-state index is 0.0414. The van der Waals surface area contributed by atoms with E-state index in [2.05, 4.69) is 13.2 Å². The standard InChI is InChI=1S/C26H19NO6/c1-3-11-32-25(30)18-6-5-17-14-20(9-7-16(17)13-18)27-23(28)21-10-8-19(15-22(21)24(27)29)26(31)33-12-4-2/h3-10,13-15H,1-2,11-12H2. The van der Waals surface area contributed by atoms with E-state index in [1.54, 1.807) is 36.4 Å². The van der Waals surface area contributed by atoms with Crippen LogP contribution in [-0.4, -0.2) is 37.0 Å². The molecule has 33 heavy (non-hydrogen) atoms. The van der Waals surface area contributed by atoms with Gasteiger partial charge in [-0.05, 0) is 53.2 Å². The second-order valence-corrected chi connectivity index (χ2v) is 7.23. The van der Waals surface area contributed by atoms with Crippen molar-refractivity contribution in [3.8, 4) is 0 Å². The average molecular weight is 441 g/mol. The summed E-state index contributed by atoms with van der Waals surface area (Å²) in [7, 11) is 0. The summed E-state index contributed by atoms with van der Waals surface area (Å²) in [5.41, 5.74) is 1.28. The number of carbonyl (C=O) groups is 4. The topological polar surface area (TPSA) is 90.0 Å². The number of nitrogens with zero attached hydrogens (tertiary/aromatic N) is 1. The Morgan fingerprint density at radius 3 is 1.94 bits per heavy atom. The molecule has 1 aliphatic rings. The van der Waals surface area contributed by atoms with Crippen LogP contribution < -0.4 is 4.90 Å². The number of imide groups is 1. The van der Waals surface area contributed by atoms with E-state index < -0.39 is 23.8 Å². The van der Waals surface area contributed by atoms with E-state index in [1.807, 2.05) is 0 Å². The molecule has 1 aliphatic heterocycles. The number of anilines is 1. The number of hydrogen-bond acceptors (Lipinski definition) is 6. The molecule has 0 bridgehead atoms. The summed E-state index contributed by atoms with van der Waals surface area (Å²) in [6.07, 6.45) is 2.93. The van der Waals surface area contributed by atoms with Gasteiger partial charge >= 0.3 is 11.9 Å². The predicted octanol–water partition coefficient (Wildman–Crippen LogP) is 4.33. The first-order valence-electron chi connectivity index (χ1n) is 10.1. The number of hydrogen-bond donors (Lipinski definition) is 0. The maximum atomic E-state index is 13.0. The second kappa shape index (κ2) is 8.92. The number of esters is 2. The van der Waals surface area contributed by atoms with E-state index in [0.29, 0.717) is 11.3 Å². The largest absolute Gasteiger partial charge is 0.458 e. The minimum atomic E-state index is -0.607. The van der Waals surface area contributed by atoms with Crippen molar-refractivity contribution in [2.75, 3.05) is 18.1 Å². The average Bonchev–Trinajstić information content (AvgIpc) is 3.09. The number of rotatable bonds is 7. The quantitative estimate of drug-likeness (QED) is 0.308. The Kier molecular flexibility index (Phi) is 5.87. The van der Waals surface area contributed by atoms with Gasteiger partial charge in [0.25, 0.3) is 11.8 Å². The lowest BCUT2D eigenvalue weighted by molar-refractivity contribution is 0.0540. The number of ether oxygens (including phenoxy) is 2. The van der Waals surface area contributed by atoms with Crippen LogP contribution in [0.4, 0.5) is 5.69 Å². The summed E-state index contributed by atoms with van der Waals surface area (Å²) in [4.78, 5) is 51.2. The lowest BCUT2D eigenvalue weighted by Crippen LogP contribution is -2.29. The van der Waals surface area contributed by atoms with Gasteiger partial charge in [0, 0.05) is 0 Å². The molecule has 0 unspecified atom stereocenters. The van der Waals surface area contributed by atoms with Crippen LogP contribution in [-0.2, 0) is 9.47 Å². The van der Waals surface area contributed by atoms with Gasteiger partial charge < -0.3 is 9.47 Å². The summed E-state index contributed by atoms with van der Waals surface area (Å²) in [5.74, 6) is -2.09. The van der Waals surface area contributed by atoms with Gasteiger partial charge in [0.15, 0.2) is 0 Å². The third kappa shape index (κ3) is 4.04. The molecule has 0 fully saturated rings. The smallest absolute Gasteiger partial charge is 0.338 e. The van der Waals surface area contributed by atoms with Crippen molar-refractivity contribution in [1.82, 2.24) is 0 Å². The molecule has 7 heteroatoms. The van der Waals surface area contributed by atoms with Crippen LogP contribution in [0.3, 0.4) is 0 Å². The Bertz CT molecular complexity index is 1340. The van der Waals surface area contributed by atoms with Crippen LogP contribution in [0.1, 0.15) is 41.4 Å². The van der Waals surface area contributed by atoms with Crippen molar-refractivity contribution in [3.63, 3.8) is 0 Å². The van der Waals surface area contributed by atoms with E-state index in [4.69, 9.17) is 9.47 Å². The van der Waals surface area contributed by atoms with Gasteiger partial charge in [0.1, 0.15) is 13.2 Å². The maximum Gasteiger partial charge on any atom is 0.338 e. The van der Waals surface area contributed by atoms with Crippen LogP contribution in [0, 0.1) is 0 Å². The Morgan fingerprint density at radius 2 is 1.27 bits per heavy atom. The fraction of sp³-hybridized carbons (Fsp3) is 0.0769. The van der Waals surface area contributed by atoms with Crippen LogP contribution in [0.5, 0.6) is 0 Å².